The second kappa shape index (κ2) is 11.4. The lowest BCUT2D eigenvalue weighted by Crippen LogP contribution is -2.28. The van der Waals surface area contributed by atoms with Crippen LogP contribution in [0.2, 0.25) is 0 Å². The summed E-state index contributed by atoms with van der Waals surface area (Å²) in [5.74, 6) is 0.905. The van der Waals surface area contributed by atoms with Gasteiger partial charge in [0.15, 0.2) is 5.37 Å². The standard InChI is InChI=1S/C22H21Cl2N5O5S2/c23-10-12-27(13-11-24)17-5-7-18(8-6-17)34-36(32,33)21(15-16-9-14-35-22(16)29(30)31)28-20-4-2-1-3-19(20)25-26-28/h1-9,14,21H,10-13,15H2. The monoisotopic (exact) mass is 569 g/mol. The Morgan fingerprint density at radius 3 is 2.44 bits per heavy atom. The van der Waals surface area contributed by atoms with E-state index in [-0.39, 0.29) is 22.7 Å². The summed E-state index contributed by atoms with van der Waals surface area (Å²) in [5.41, 5.74) is 2.02. The molecule has 4 aromatic rings. The molecular formula is C22H21Cl2N5O5S2. The third-order valence-electron chi connectivity index (χ3n) is 5.39. The molecule has 0 spiro atoms. The molecule has 1 atom stereocenters. The number of halogens is 2. The van der Waals surface area contributed by atoms with Crippen LogP contribution in [-0.4, -0.2) is 53.2 Å². The van der Waals surface area contributed by atoms with Crippen molar-refractivity contribution < 1.29 is 17.5 Å². The average molecular weight is 570 g/mol. The molecule has 0 bridgehead atoms. The lowest BCUT2D eigenvalue weighted by atomic mass is 10.2. The molecule has 14 heteroatoms. The van der Waals surface area contributed by atoms with E-state index in [2.05, 4.69) is 10.3 Å². The van der Waals surface area contributed by atoms with Crippen LogP contribution in [0.15, 0.2) is 60.0 Å². The zero-order chi connectivity index (χ0) is 25.7. The number of nitrogens with zero attached hydrogens (tertiary/aromatic N) is 5. The Labute approximate surface area is 221 Å². The highest BCUT2D eigenvalue weighted by Gasteiger charge is 2.35. The molecular weight excluding hydrogens is 549 g/mol. The van der Waals surface area contributed by atoms with Crippen molar-refractivity contribution in [1.82, 2.24) is 15.0 Å². The van der Waals surface area contributed by atoms with Crippen LogP contribution in [0, 0.1) is 10.1 Å². The van der Waals surface area contributed by atoms with Crippen molar-refractivity contribution in [2.24, 2.45) is 0 Å². The second-order valence-electron chi connectivity index (χ2n) is 7.62. The number of aromatic nitrogens is 3. The molecule has 0 saturated carbocycles. The summed E-state index contributed by atoms with van der Waals surface area (Å²) in [4.78, 5) is 12.9. The Morgan fingerprint density at radius 2 is 1.78 bits per heavy atom. The maximum Gasteiger partial charge on any atom is 0.333 e. The van der Waals surface area contributed by atoms with Gasteiger partial charge in [0.05, 0.1) is 10.4 Å². The van der Waals surface area contributed by atoms with Gasteiger partial charge in [0, 0.05) is 42.5 Å². The summed E-state index contributed by atoms with van der Waals surface area (Å²) in [5, 5.41) is 19.6. The largest absolute Gasteiger partial charge is 0.381 e. The molecule has 2 aromatic carbocycles. The Balaban J connectivity index is 1.68. The first-order chi connectivity index (χ1) is 17.3. The molecule has 10 nitrogen and oxygen atoms in total. The number of alkyl halides is 2. The van der Waals surface area contributed by atoms with Crippen molar-refractivity contribution in [2.45, 2.75) is 11.8 Å². The van der Waals surface area contributed by atoms with Gasteiger partial charge in [-0.3, -0.25) is 10.1 Å². The minimum Gasteiger partial charge on any atom is -0.381 e. The first kappa shape index (κ1) is 26.1. The highest BCUT2D eigenvalue weighted by molar-refractivity contribution is 7.87. The first-order valence-corrected chi connectivity index (χ1v) is 14.2. The van der Waals surface area contributed by atoms with Crippen LogP contribution in [0.3, 0.4) is 0 Å². The zero-order valence-electron chi connectivity index (χ0n) is 18.7. The lowest BCUT2D eigenvalue weighted by Gasteiger charge is -2.23. The van der Waals surface area contributed by atoms with Gasteiger partial charge in [-0.05, 0) is 47.8 Å². The quantitative estimate of drug-likeness (QED) is 0.103. The molecule has 2 heterocycles. The maximum atomic E-state index is 13.6. The van der Waals surface area contributed by atoms with Crippen molar-refractivity contribution in [1.29, 1.82) is 0 Å². The van der Waals surface area contributed by atoms with Gasteiger partial charge in [-0.2, -0.15) is 8.42 Å². The molecule has 0 saturated heterocycles. The SMILES string of the molecule is O=[N+]([O-])c1sccc1CC(n1nnc2ccccc21)S(=O)(=O)Oc1ccc(N(CCCl)CCCl)cc1. The molecule has 0 fully saturated rings. The molecule has 0 aliphatic heterocycles. The van der Waals surface area contributed by atoms with Crippen molar-refractivity contribution in [3.05, 3.63) is 75.7 Å². The number of benzene rings is 2. The van der Waals surface area contributed by atoms with Crippen molar-refractivity contribution in [3.8, 4) is 5.75 Å². The number of anilines is 1. The van der Waals surface area contributed by atoms with E-state index in [4.69, 9.17) is 27.4 Å². The van der Waals surface area contributed by atoms with Gasteiger partial charge in [0.25, 0.3) is 0 Å². The number of hydrogen-bond donors (Lipinski definition) is 0. The van der Waals surface area contributed by atoms with Gasteiger partial charge >= 0.3 is 15.1 Å². The van der Waals surface area contributed by atoms with Crippen LogP contribution in [0.4, 0.5) is 10.7 Å². The van der Waals surface area contributed by atoms with Gasteiger partial charge in [-0.25, -0.2) is 4.68 Å². The summed E-state index contributed by atoms with van der Waals surface area (Å²) in [7, 11) is -4.38. The second-order valence-corrected chi connectivity index (χ2v) is 11.0. The number of para-hydroxylation sites is 1. The normalized spacial score (nSPS) is 12.5. The molecule has 0 N–H and O–H groups in total. The number of nitro groups is 1. The zero-order valence-corrected chi connectivity index (χ0v) is 21.9. The fourth-order valence-corrected chi connectivity index (χ4v) is 6.15. The Morgan fingerprint density at radius 1 is 1.08 bits per heavy atom. The van der Waals surface area contributed by atoms with Crippen LogP contribution in [0.1, 0.15) is 10.9 Å². The molecule has 190 valence electrons. The minimum atomic E-state index is -4.38. The molecule has 36 heavy (non-hydrogen) atoms. The highest BCUT2D eigenvalue weighted by Crippen LogP contribution is 2.33. The smallest absolute Gasteiger partial charge is 0.333 e. The van der Waals surface area contributed by atoms with Gasteiger partial charge in [-0.1, -0.05) is 28.7 Å². The predicted octanol–water partition coefficient (Wildman–Crippen LogP) is 4.84. The Hall–Kier alpha value is -2.93. The lowest BCUT2D eigenvalue weighted by molar-refractivity contribution is -0.380. The molecule has 0 radical (unpaired) electrons. The Kier molecular flexibility index (Phi) is 8.29. The van der Waals surface area contributed by atoms with E-state index >= 15 is 0 Å². The molecule has 1 unspecified atom stereocenters. The van der Waals surface area contributed by atoms with Crippen molar-refractivity contribution in [2.75, 3.05) is 29.7 Å². The highest BCUT2D eigenvalue weighted by atomic mass is 35.5. The van der Waals surface area contributed by atoms with Gasteiger partial charge in [-0.15, -0.1) is 28.3 Å². The third-order valence-corrected chi connectivity index (χ3v) is 8.09. The molecule has 0 amide bonds. The van der Waals surface area contributed by atoms with E-state index in [0.717, 1.165) is 17.0 Å². The summed E-state index contributed by atoms with van der Waals surface area (Å²) in [6.07, 6.45) is -0.229. The van der Waals surface area contributed by atoms with Crippen molar-refractivity contribution >= 4 is 66.4 Å². The fourth-order valence-electron chi connectivity index (χ4n) is 3.72. The molecule has 4 rings (SSSR count). The number of thiophene rings is 1. The fraction of sp³-hybridized carbons (Fsp3) is 0.273. The maximum absolute atomic E-state index is 13.6. The van der Waals surface area contributed by atoms with Crippen LogP contribution in [0.25, 0.3) is 11.0 Å². The third kappa shape index (κ3) is 5.72. The van der Waals surface area contributed by atoms with Crippen LogP contribution in [0.5, 0.6) is 5.75 Å². The van der Waals surface area contributed by atoms with E-state index in [0.29, 0.717) is 35.9 Å². The predicted molar refractivity (Wildman–Crippen MR) is 141 cm³/mol. The van der Waals surface area contributed by atoms with Gasteiger partial charge < -0.3 is 9.08 Å². The van der Waals surface area contributed by atoms with Crippen LogP contribution in [-0.2, 0) is 16.5 Å². The summed E-state index contributed by atoms with van der Waals surface area (Å²) < 4.78 is 33.8. The van der Waals surface area contributed by atoms with Gasteiger partial charge in [0.2, 0.25) is 0 Å². The Bertz CT molecular complexity index is 1440. The molecule has 0 aliphatic carbocycles. The minimum absolute atomic E-state index is 0.0877. The van der Waals surface area contributed by atoms with E-state index in [1.807, 2.05) is 4.90 Å². The summed E-state index contributed by atoms with van der Waals surface area (Å²) in [6.45, 7) is 1.15. The van der Waals surface area contributed by atoms with E-state index in [9.17, 15) is 18.5 Å². The van der Waals surface area contributed by atoms with E-state index in [1.54, 1.807) is 41.8 Å². The van der Waals surface area contributed by atoms with E-state index in [1.165, 1.54) is 22.9 Å². The van der Waals surface area contributed by atoms with Gasteiger partial charge in [0.1, 0.15) is 11.3 Å². The van der Waals surface area contributed by atoms with Crippen molar-refractivity contribution in [3.63, 3.8) is 0 Å². The number of rotatable bonds is 12. The molecule has 0 aliphatic rings. The topological polar surface area (TPSA) is 120 Å². The first-order valence-electron chi connectivity index (χ1n) is 10.7. The van der Waals surface area contributed by atoms with Crippen LogP contribution < -0.4 is 9.08 Å². The number of fused-ring (bicyclic) bond motifs is 1. The molecule has 2 aromatic heterocycles. The summed E-state index contributed by atoms with van der Waals surface area (Å²) in [6, 6.07) is 14.9. The number of hydrogen-bond acceptors (Lipinski definition) is 9. The summed E-state index contributed by atoms with van der Waals surface area (Å²) >= 11 is 12.7. The average Bonchev–Trinajstić information content (AvgIpc) is 3.50. The van der Waals surface area contributed by atoms with E-state index < -0.39 is 20.4 Å². The van der Waals surface area contributed by atoms with Crippen LogP contribution >= 0.6 is 34.5 Å².